The first-order valence-corrected chi connectivity index (χ1v) is 6.16. The maximum Gasteiger partial charge on any atom is 0.180 e. The molecule has 0 saturated carbocycles. The molecule has 0 unspecified atom stereocenters. The van der Waals surface area contributed by atoms with Gasteiger partial charge in [0.15, 0.2) is 11.5 Å². The van der Waals surface area contributed by atoms with Crippen molar-refractivity contribution < 1.29 is 17.7 Å². The molecule has 0 aliphatic heterocycles. The minimum absolute atomic E-state index is 0.622. The van der Waals surface area contributed by atoms with Crippen LogP contribution in [-0.2, 0) is 0 Å². The van der Waals surface area contributed by atoms with Gasteiger partial charge in [-0.1, -0.05) is 0 Å². The second-order valence-electron chi connectivity index (χ2n) is 4.28. The molecule has 0 aromatic carbocycles. The zero-order valence-electron chi connectivity index (χ0n) is 10.4. The third-order valence-electron chi connectivity index (χ3n) is 3.11. The Morgan fingerprint density at radius 2 is 1.00 bits per heavy atom. The van der Waals surface area contributed by atoms with E-state index in [1.54, 1.807) is 25.1 Å². The summed E-state index contributed by atoms with van der Waals surface area (Å²) in [5.74, 6) is 2.71. The molecule has 20 heavy (non-hydrogen) atoms. The molecule has 0 aliphatic carbocycles. The van der Waals surface area contributed by atoms with Crippen LogP contribution in [0.5, 0.6) is 0 Å². The average molecular weight is 266 g/mol. The monoisotopic (exact) mass is 266 g/mol. The van der Waals surface area contributed by atoms with Gasteiger partial charge in [-0.05, 0) is 36.4 Å². The molecule has 0 spiro atoms. The number of hydrogen-bond acceptors (Lipinski definition) is 4. The Kier molecular flexibility index (Phi) is 2.39. The maximum absolute atomic E-state index is 5.58. The molecule has 4 aromatic rings. The van der Waals surface area contributed by atoms with Crippen molar-refractivity contribution in [1.82, 2.24) is 0 Å². The van der Waals surface area contributed by atoms with Gasteiger partial charge in [-0.3, -0.25) is 0 Å². The van der Waals surface area contributed by atoms with E-state index in [1.165, 1.54) is 0 Å². The summed E-state index contributed by atoms with van der Waals surface area (Å²) in [6, 6.07) is 11.1. The summed E-state index contributed by atoms with van der Waals surface area (Å²) in [5, 5.41) is 0. The van der Waals surface area contributed by atoms with Gasteiger partial charge in [-0.15, -0.1) is 0 Å². The molecule has 0 atom stereocenters. The number of hydrogen-bond donors (Lipinski definition) is 0. The highest BCUT2D eigenvalue weighted by molar-refractivity contribution is 5.83. The Hall–Kier alpha value is -2.88. The largest absolute Gasteiger partial charge is 0.464 e. The summed E-state index contributed by atoms with van der Waals surface area (Å²) < 4.78 is 22.0. The van der Waals surface area contributed by atoms with E-state index in [1.807, 2.05) is 36.4 Å². The second kappa shape index (κ2) is 4.35. The van der Waals surface area contributed by atoms with Crippen LogP contribution in [0.1, 0.15) is 0 Å². The molecule has 98 valence electrons. The lowest BCUT2D eigenvalue weighted by Gasteiger charge is -1.99. The predicted molar refractivity (Wildman–Crippen MR) is 71.8 cm³/mol. The van der Waals surface area contributed by atoms with E-state index in [4.69, 9.17) is 17.7 Å². The minimum atomic E-state index is 0.622. The minimum Gasteiger partial charge on any atom is -0.464 e. The summed E-state index contributed by atoms with van der Waals surface area (Å²) in [6.07, 6.45) is 6.48. The van der Waals surface area contributed by atoms with Crippen molar-refractivity contribution in [2.75, 3.05) is 0 Å². The van der Waals surface area contributed by atoms with E-state index in [2.05, 4.69) is 0 Å². The van der Waals surface area contributed by atoms with Gasteiger partial charge in [0, 0.05) is 0 Å². The SMILES string of the molecule is c1coc(-c2ccoc2-c2occc2-c2ccco2)c1. The summed E-state index contributed by atoms with van der Waals surface area (Å²) in [4.78, 5) is 0. The summed E-state index contributed by atoms with van der Waals surface area (Å²) in [7, 11) is 0. The van der Waals surface area contributed by atoms with Crippen LogP contribution in [0.15, 0.2) is 79.1 Å². The first kappa shape index (κ1) is 11.0. The van der Waals surface area contributed by atoms with Crippen molar-refractivity contribution >= 4 is 0 Å². The smallest absolute Gasteiger partial charge is 0.180 e. The van der Waals surface area contributed by atoms with Crippen molar-refractivity contribution in [3.8, 4) is 34.2 Å². The van der Waals surface area contributed by atoms with Crippen molar-refractivity contribution in [3.05, 3.63) is 61.5 Å². The van der Waals surface area contributed by atoms with Gasteiger partial charge in [0.1, 0.15) is 11.5 Å². The first-order chi connectivity index (χ1) is 9.93. The normalized spacial score (nSPS) is 11.0. The molecule has 4 rings (SSSR count). The fourth-order valence-electron chi connectivity index (χ4n) is 2.22. The van der Waals surface area contributed by atoms with Gasteiger partial charge in [0.2, 0.25) is 0 Å². The van der Waals surface area contributed by atoms with Crippen molar-refractivity contribution in [3.63, 3.8) is 0 Å². The van der Waals surface area contributed by atoms with E-state index < -0.39 is 0 Å². The molecule has 0 N–H and O–H groups in total. The van der Waals surface area contributed by atoms with Crippen LogP contribution < -0.4 is 0 Å². The van der Waals surface area contributed by atoms with Crippen LogP contribution in [0.2, 0.25) is 0 Å². The van der Waals surface area contributed by atoms with Gasteiger partial charge in [-0.2, -0.15) is 0 Å². The molecule has 4 aromatic heterocycles. The lowest BCUT2D eigenvalue weighted by Crippen LogP contribution is -1.79. The molecule has 0 aliphatic rings. The summed E-state index contributed by atoms with van der Waals surface area (Å²) >= 11 is 0. The van der Waals surface area contributed by atoms with Crippen molar-refractivity contribution in [1.29, 1.82) is 0 Å². The highest BCUT2D eigenvalue weighted by Crippen LogP contribution is 2.39. The topological polar surface area (TPSA) is 52.6 Å². The molecule has 0 bridgehead atoms. The second-order valence-corrected chi connectivity index (χ2v) is 4.28. The van der Waals surface area contributed by atoms with Crippen LogP contribution in [0, 0.1) is 0 Å². The lowest BCUT2D eigenvalue weighted by atomic mass is 10.1. The van der Waals surface area contributed by atoms with Crippen molar-refractivity contribution in [2.45, 2.75) is 0 Å². The summed E-state index contributed by atoms with van der Waals surface area (Å²) in [5.41, 5.74) is 1.69. The highest BCUT2D eigenvalue weighted by atomic mass is 16.4. The first-order valence-electron chi connectivity index (χ1n) is 6.16. The zero-order chi connectivity index (χ0) is 13.4. The quantitative estimate of drug-likeness (QED) is 0.520. The predicted octanol–water partition coefficient (Wildman–Crippen LogP) is 5.06. The Labute approximate surface area is 114 Å². The molecule has 0 fully saturated rings. The van der Waals surface area contributed by atoms with Gasteiger partial charge in [0.25, 0.3) is 0 Å². The molecule has 4 heteroatoms. The Morgan fingerprint density at radius 3 is 1.40 bits per heavy atom. The molecule has 4 heterocycles. The Morgan fingerprint density at radius 1 is 0.500 bits per heavy atom. The van der Waals surface area contributed by atoms with Crippen LogP contribution >= 0.6 is 0 Å². The van der Waals surface area contributed by atoms with E-state index in [9.17, 15) is 0 Å². The van der Waals surface area contributed by atoms with Gasteiger partial charge < -0.3 is 17.7 Å². The third kappa shape index (κ3) is 1.62. The highest BCUT2D eigenvalue weighted by Gasteiger charge is 2.21. The molecular weight excluding hydrogens is 256 g/mol. The fourth-order valence-corrected chi connectivity index (χ4v) is 2.22. The fraction of sp³-hybridized carbons (Fsp3) is 0. The maximum atomic E-state index is 5.58. The molecular formula is C16H10O4. The van der Waals surface area contributed by atoms with Crippen LogP contribution in [0.25, 0.3) is 34.2 Å². The Balaban J connectivity index is 1.88. The molecule has 0 radical (unpaired) electrons. The zero-order valence-corrected chi connectivity index (χ0v) is 10.4. The average Bonchev–Trinajstić information content (AvgIpc) is 3.23. The van der Waals surface area contributed by atoms with E-state index in [-0.39, 0.29) is 0 Å². The van der Waals surface area contributed by atoms with Crippen LogP contribution in [0.3, 0.4) is 0 Å². The molecule has 0 amide bonds. The van der Waals surface area contributed by atoms with E-state index in [0.29, 0.717) is 11.5 Å². The van der Waals surface area contributed by atoms with Crippen LogP contribution in [-0.4, -0.2) is 0 Å². The number of rotatable bonds is 3. The van der Waals surface area contributed by atoms with Gasteiger partial charge in [-0.25, -0.2) is 0 Å². The summed E-state index contributed by atoms with van der Waals surface area (Å²) in [6.45, 7) is 0. The van der Waals surface area contributed by atoms with Gasteiger partial charge >= 0.3 is 0 Å². The van der Waals surface area contributed by atoms with E-state index >= 15 is 0 Å². The number of furan rings is 4. The molecule has 0 saturated heterocycles. The Bertz CT molecular complexity index is 730. The van der Waals surface area contributed by atoms with Gasteiger partial charge in [0.05, 0.1) is 36.2 Å². The molecule has 4 nitrogen and oxygen atoms in total. The van der Waals surface area contributed by atoms with Crippen molar-refractivity contribution in [2.24, 2.45) is 0 Å². The van der Waals surface area contributed by atoms with Crippen LogP contribution in [0.4, 0.5) is 0 Å². The lowest BCUT2D eigenvalue weighted by molar-refractivity contribution is 0.521. The van der Waals surface area contributed by atoms with E-state index in [0.717, 1.165) is 22.6 Å². The standard InChI is InChI=1S/C16H10O4/c1-3-13(17-7-1)11-5-9-19-15(11)16-12(6-10-20-16)14-4-2-8-18-14/h1-10H. The third-order valence-corrected chi connectivity index (χ3v) is 3.11.